The molecule has 92 valence electrons. The summed E-state index contributed by atoms with van der Waals surface area (Å²) in [5, 5.41) is 1.05. The van der Waals surface area contributed by atoms with E-state index in [2.05, 4.69) is 0 Å². The van der Waals surface area contributed by atoms with Gasteiger partial charge in [-0.3, -0.25) is 4.79 Å². The molecular weight excluding hydrogens is 240 g/mol. The van der Waals surface area contributed by atoms with Gasteiger partial charge in [-0.2, -0.15) is 0 Å². The first-order valence-electron chi connectivity index (χ1n) is 5.07. The number of rotatable bonds is 4. The molecule has 0 bridgehead atoms. The summed E-state index contributed by atoms with van der Waals surface area (Å²) in [6.07, 6.45) is 0.773. The summed E-state index contributed by atoms with van der Waals surface area (Å²) in [5.74, 6) is -0.445. The second-order valence-corrected chi connectivity index (χ2v) is 5.33. The van der Waals surface area contributed by atoms with Crippen LogP contribution in [0.15, 0.2) is 46.7 Å². The van der Waals surface area contributed by atoms with Crippen LogP contribution in [0.3, 0.4) is 0 Å². The molecule has 1 unspecified atom stereocenters. The number of carbonyl (C=O) groups excluding carboxylic acids is 1. The molecule has 1 atom stereocenters. The van der Waals surface area contributed by atoms with E-state index in [1.165, 1.54) is 25.1 Å². The fraction of sp³-hybridized carbons (Fsp3) is 0.250. The zero-order valence-electron chi connectivity index (χ0n) is 9.66. The largest absolute Gasteiger partial charge is 0.459 e. The molecule has 1 aromatic rings. The summed E-state index contributed by atoms with van der Waals surface area (Å²) in [6.45, 7) is 2.87. The Balaban J connectivity index is 2.81. The Morgan fingerprint density at radius 1 is 1.29 bits per heavy atom. The molecule has 17 heavy (non-hydrogen) atoms. The molecule has 0 saturated carbocycles. The maximum atomic E-state index is 11.8. The number of hydrogen-bond acceptors (Lipinski definition) is 4. The zero-order chi connectivity index (χ0) is 12.9. The average molecular weight is 254 g/mol. The van der Waals surface area contributed by atoms with Gasteiger partial charge in [-0.15, -0.1) is 0 Å². The highest BCUT2D eigenvalue weighted by molar-refractivity contribution is 7.94. The van der Waals surface area contributed by atoms with Crippen molar-refractivity contribution in [1.29, 1.82) is 0 Å². The van der Waals surface area contributed by atoms with Crippen LogP contribution in [0.1, 0.15) is 13.8 Å². The van der Waals surface area contributed by atoms with Gasteiger partial charge in [-0.25, -0.2) is 8.42 Å². The molecule has 0 fully saturated rings. The molecule has 0 aliphatic carbocycles. The summed E-state index contributed by atoms with van der Waals surface area (Å²) in [5.41, 5.74) is 0. The van der Waals surface area contributed by atoms with Crippen LogP contribution >= 0.6 is 0 Å². The molecule has 5 heteroatoms. The molecule has 0 aliphatic heterocycles. The second-order valence-electron chi connectivity index (χ2n) is 3.50. The van der Waals surface area contributed by atoms with Gasteiger partial charge in [0.05, 0.1) is 4.90 Å². The van der Waals surface area contributed by atoms with Crippen molar-refractivity contribution < 1.29 is 17.9 Å². The third kappa shape index (κ3) is 4.40. The van der Waals surface area contributed by atoms with Crippen molar-refractivity contribution in [3.8, 4) is 0 Å². The Morgan fingerprint density at radius 3 is 2.41 bits per heavy atom. The van der Waals surface area contributed by atoms with Crippen LogP contribution in [0, 0.1) is 0 Å². The van der Waals surface area contributed by atoms with E-state index in [9.17, 15) is 13.2 Å². The maximum Gasteiger partial charge on any atom is 0.303 e. The van der Waals surface area contributed by atoms with E-state index in [0.29, 0.717) is 0 Å². The summed E-state index contributed by atoms with van der Waals surface area (Å²) >= 11 is 0. The Morgan fingerprint density at radius 2 is 1.88 bits per heavy atom. The van der Waals surface area contributed by atoms with Gasteiger partial charge in [0.25, 0.3) is 0 Å². The number of sulfone groups is 1. The maximum absolute atomic E-state index is 11.8. The normalized spacial score (nSPS) is 13.5. The number of esters is 1. The Labute approximate surface area is 101 Å². The quantitative estimate of drug-likeness (QED) is 0.770. The molecule has 0 saturated heterocycles. The predicted molar refractivity (Wildman–Crippen MR) is 64.0 cm³/mol. The minimum absolute atomic E-state index is 0.214. The lowest BCUT2D eigenvalue weighted by molar-refractivity contribution is -0.143. The smallest absolute Gasteiger partial charge is 0.303 e. The summed E-state index contributed by atoms with van der Waals surface area (Å²) in [4.78, 5) is 10.9. The van der Waals surface area contributed by atoms with E-state index in [4.69, 9.17) is 4.74 Å². The molecule has 0 heterocycles. The minimum atomic E-state index is -3.46. The topological polar surface area (TPSA) is 60.4 Å². The number of benzene rings is 1. The van der Waals surface area contributed by atoms with Crippen LogP contribution in [0.4, 0.5) is 0 Å². The van der Waals surface area contributed by atoms with Crippen molar-refractivity contribution in [2.24, 2.45) is 0 Å². The van der Waals surface area contributed by atoms with Crippen LogP contribution in [0.2, 0.25) is 0 Å². The molecular formula is C12H14O4S. The number of hydrogen-bond donors (Lipinski definition) is 0. The SMILES string of the molecule is CC(=O)OC(C)C=CS(=O)(=O)c1ccccc1. The minimum Gasteiger partial charge on any atom is -0.459 e. The average Bonchev–Trinajstić information content (AvgIpc) is 2.27. The van der Waals surface area contributed by atoms with Crippen LogP contribution in [0.5, 0.6) is 0 Å². The van der Waals surface area contributed by atoms with Crippen LogP contribution < -0.4 is 0 Å². The van der Waals surface area contributed by atoms with Gasteiger partial charge in [0, 0.05) is 12.3 Å². The van der Waals surface area contributed by atoms with Gasteiger partial charge >= 0.3 is 5.97 Å². The van der Waals surface area contributed by atoms with Crippen molar-refractivity contribution >= 4 is 15.8 Å². The van der Waals surface area contributed by atoms with Gasteiger partial charge in [-0.1, -0.05) is 18.2 Å². The van der Waals surface area contributed by atoms with E-state index in [1.807, 2.05) is 0 Å². The molecule has 1 aromatic carbocycles. The summed E-state index contributed by atoms with van der Waals surface area (Å²) in [6, 6.07) is 8.06. The van der Waals surface area contributed by atoms with Gasteiger partial charge in [0.1, 0.15) is 6.10 Å². The third-order valence-corrected chi connectivity index (χ3v) is 3.40. The second kappa shape index (κ2) is 5.63. The van der Waals surface area contributed by atoms with E-state index in [1.54, 1.807) is 25.1 Å². The third-order valence-electron chi connectivity index (χ3n) is 1.95. The standard InChI is InChI=1S/C12H14O4S/c1-10(16-11(2)13)8-9-17(14,15)12-6-4-3-5-7-12/h3-10H,1-2H3. The van der Waals surface area contributed by atoms with Gasteiger partial charge in [0.2, 0.25) is 0 Å². The first kappa shape index (κ1) is 13.4. The first-order chi connectivity index (χ1) is 7.92. The van der Waals surface area contributed by atoms with Crippen LogP contribution in [0.25, 0.3) is 0 Å². The summed E-state index contributed by atoms with van der Waals surface area (Å²) < 4.78 is 28.4. The molecule has 0 spiro atoms. The summed E-state index contributed by atoms with van der Waals surface area (Å²) in [7, 11) is -3.46. The number of carbonyl (C=O) groups is 1. The van der Waals surface area contributed by atoms with Crippen molar-refractivity contribution in [3.05, 3.63) is 41.8 Å². The van der Waals surface area contributed by atoms with E-state index in [-0.39, 0.29) is 4.90 Å². The molecule has 0 aliphatic rings. The lowest BCUT2D eigenvalue weighted by Gasteiger charge is -2.06. The van der Waals surface area contributed by atoms with Gasteiger partial charge in [-0.05, 0) is 25.1 Å². The monoisotopic (exact) mass is 254 g/mol. The van der Waals surface area contributed by atoms with Crippen LogP contribution in [-0.4, -0.2) is 20.5 Å². The molecule has 0 aromatic heterocycles. The van der Waals surface area contributed by atoms with Crippen molar-refractivity contribution in [1.82, 2.24) is 0 Å². The Bertz CT molecular complexity index is 503. The van der Waals surface area contributed by atoms with Gasteiger partial charge < -0.3 is 4.74 Å². The fourth-order valence-electron chi connectivity index (χ4n) is 1.20. The Hall–Kier alpha value is -1.62. The molecule has 1 rings (SSSR count). The first-order valence-corrected chi connectivity index (χ1v) is 6.62. The van der Waals surface area contributed by atoms with Crippen LogP contribution in [-0.2, 0) is 19.4 Å². The molecule has 0 amide bonds. The van der Waals surface area contributed by atoms with E-state index >= 15 is 0 Å². The zero-order valence-corrected chi connectivity index (χ0v) is 10.5. The van der Waals surface area contributed by atoms with E-state index in [0.717, 1.165) is 5.41 Å². The van der Waals surface area contributed by atoms with Gasteiger partial charge in [0.15, 0.2) is 9.84 Å². The lowest BCUT2D eigenvalue weighted by Crippen LogP contribution is -2.09. The van der Waals surface area contributed by atoms with E-state index < -0.39 is 21.9 Å². The highest BCUT2D eigenvalue weighted by Gasteiger charge is 2.10. The Kier molecular flexibility index (Phi) is 4.45. The fourth-order valence-corrected chi connectivity index (χ4v) is 2.33. The molecule has 0 radical (unpaired) electrons. The molecule has 4 nitrogen and oxygen atoms in total. The highest BCUT2D eigenvalue weighted by Crippen LogP contribution is 2.11. The number of ether oxygens (including phenoxy) is 1. The predicted octanol–water partition coefficient (Wildman–Crippen LogP) is 1.93. The van der Waals surface area contributed by atoms with Crippen molar-refractivity contribution in [2.75, 3.05) is 0 Å². The lowest BCUT2D eigenvalue weighted by atomic mass is 10.4. The van der Waals surface area contributed by atoms with Crippen molar-refractivity contribution in [2.45, 2.75) is 24.8 Å². The highest BCUT2D eigenvalue weighted by atomic mass is 32.2. The van der Waals surface area contributed by atoms with Crippen molar-refractivity contribution in [3.63, 3.8) is 0 Å². The molecule has 0 N–H and O–H groups in total.